The number of carbonyl (C=O) groups is 2. The van der Waals surface area contributed by atoms with Gasteiger partial charge in [0, 0.05) is 5.56 Å². The maximum absolute atomic E-state index is 11.3. The predicted octanol–water partition coefficient (Wildman–Crippen LogP) is 2.12. The van der Waals surface area contributed by atoms with Crippen LogP contribution in [0.1, 0.15) is 10.4 Å². The molecule has 0 fully saturated rings. The zero-order chi connectivity index (χ0) is 12.4. The number of ketones is 1. The molecule has 4 nitrogen and oxygen atoms in total. The average molecular weight is 230 g/mol. The highest BCUT2D eigenvalue weighted by atomic mass is 16.5. The van der Waals surface area contributed by atoms with Crippen molar-refractivity contribution in [1.82, 2.24) is 0 Å². The first-order chi connectivity index (χ1) is 8.11. The largest absolute Gasteiger partial charge is 0.497 e. The number of hydrogen-bond acceptors (Lipinski definition) is 3. The highest BCUT2D eigenvalue weighted by Crippen LogP contribution is 2.22. The Morgan fingerprint density at radius 3 is 2.35 bits per heavy atom. The Hall–Kier alpha value is -2.36. The zero-order valence-corrected chi connectivity index (χ0v) is 9.14. The number of carboxylic acids is 1. The van der Waals surface area contributed by atoms with Crippen LogP contribution in [0.15, 0.2) is 36.4 Å². The maximum atomic E-state index is 11.3. The summed E-state index contributed by atoms with van der Waals surface area (Å²) in [5, 5.41) is 10.3. The molecule has 0 unspecified atom stereocenters. The molecule has 0 amide bonds. The summed E-state index contributed by atoms with van der Waals surface area (Å²) >= 11 is 0. The molecule has 0 heterocycles. The highest BCUT2D eigenvalue weighted by molar-refractivity contribution is 6.40. The summed E-state index contributed by atoms with van der Waals surface area (Å²) < 4.78 is 5.08. The molecule has 4 heteroatoms. The van der Waals surface area contributed by atoms with E-state index in [1.165, 1.54) is 6.07 Å². The van der Waals surface area contributed by atoms with Gasteiger partial charge < -0.3 is 9.84 Å². The Labute approximate surface area is 97.4 Å². The molecule has 2 aromatic rings. The van der Waals surface area contributed by atoms with Gasteiger partial charge in [-0.25, -0.2) is 4.79 Å². The third kappa shape index (κ3) is 2.10. The second-order valence-corrected chi connectivity index (χ2v) is 3.56. The van der Waals surface area contributed by atoms with Crippen LogP contribution in [-0.4, -0.2) is 24.0 Å². The number of carboxylic acid groups (broad SMARTS) is 1. The van der Waals surface area contributed by atoms with Gasteiger partial charge in [0.25, 0.3) is 5.78 Å². The molecule has 0 bridgehead atoms. The van der Waals surface area contributed by atoms with E-state index in [0.29, 0.717) is 0 Å². The van der Waals surface area contributed by atoms with E-state index in [1.54, 1.807) is 31.4 Å². The van der Waals surface area contributed by atoms with Crippen LogP contribution in [0, 0.1) is 0 Å². The van der Waals surface area contributed by atoms with Crippen LogP contribution in [-0.2, 0) is 4.79 Å². The van der Waals surface area contributed by atoms with Crippen molar-refractivity contribution in [3.8, 4) is 5.75 Å². The molecular formula is C13H10O4. The van der Waals surface area contributed by atoms with Crippen LogP contribution >= 0.6 is 0 Å². The van der Waals surface area contributed by atoms with Crippen LogP contribution in [0.4, 0.5) is 0 Å². The summed E-state index contributed by atoms with van der Waals surface area (Å²) in [4.78, 5) is 21.9. The summed E-state index contributed by atoms with van der Waals surface area (Å²) in [6.45, 7) is 0. The molecule has 1 N–H and O–H groups in total. The Balaban J connectivity index is 2.52. The van der Waals surface area contributed by atoms with Gasteiger partial charge in [-0.15, -0.1) is 0 Å². The number of benzene rings is 2. The SMILES string of the molecule is COc1ccc2cc(C(=O)C(=O)O)ccc2c1. The van der Waals surface area contributed by atoms with Crippen molar-refractivity contribution in [3.05, 3.63) is 42.0 Å². The van der Waals surface area contributed by atoms with Gasteiger partial charge in [0.15, 0.2) is 0 Å². The van der Waals surface area contributed by atoms with Crippen molar-refractivity contribution < 1.29 is 19.4 Å². The van der Waals surface area contributed by atoms with E-state index in [9.17, 15) is 9.59 Å². The van der Waals surface area contributed by atoms with Gasteiger partial charge in [0.1, 0.15) is 5.75 Å². The van der Waals surface area contributed by atoms with Gasteiger partial charge in [-0.2, -0.15) is 0 Å². The van der Waals surface area contributed by atoms with Gasteiger partial charge in [-0.05, 0) is 29.0 Å². The lowest BCUT2D eigenvalue weighted by molar-refractivity contribution is -0.131. The summed E-state index contributed by atoms with van der Waals surface area (Å²) in [6.07, 6.45) is 0. The molecule has 0 saturated heterocycles. The van der Waals surface area contributed by atoms with E-state index in [-0.39, 0.29) is 5.56 Å². The third-order valence-electron chi connectivity index (χ3n) is 2.50. The van der Waals surface area contributed by atoms with E-state index in [0.717, 1.165) is 16.5 Å². The van der Waals surface area contributed by atoms with Gasteiger partial charge in [-0.3, -0.25) is 4.79 Å². The molecular weight excluding hydrogens is 220 g/mol. The fraction of sp³-hybridized carbons (Fsp3) is 0.0769. The fourth-order valence-corrected chi connectivity index (χ4v) is 1.62. The molecule has 2 rings (SSSR count). The molecule has 17 heavy (non-hydrogen) atoms. The Morgan fingerprint density at radius 2 is 1.71 bits per heavy atom. The number of fused-ring (bicyclic) bond motifs is 1. The van der Waals surface area contributed by atoms with Crippen molar-refractivity contribution in [1.29, 1.82) is 0 Å². The molecule has 0 aliphatic carbocycles. The maximum Gasteiger partial charge on any atom is 0.377 e. The van der Waals surface area contributed by atoms with Gasteiger partial charge in [0.2, 0.25) is 0 Å². The van der Waals surface area contributed by atoms with Crippen molar-refractivity contribution in [2.75, 3.05) is 7.11 Å². The Kier molecular flexibility index (Phi) is 2.78. The number of Topliss-reactive ketones (excluding diaryl/α,β-unsaturated/α-hetero) is 1. The minimum atomic E-state index is -1.45. The minimum absolute atomic E-state index is 0.176. The van der Waals surface area contributed by atoms with E-state index < -0.39 is 11.8 Å². The number of carbonyl (C=O) groups excluding carboxylic acids is 1. The van der Waals surface area contributed by atoms with Crippen LogP contribution < -0.4 is 4.74 Å². The quantitative estimate of drug-likeness (QED) is 0.648. The lowest BCUT2D eigenvalue weighted by Gasteiger charge is -2.03. The fourth-order valence-electron chi connectivity index (χ4n) is 1.62. The lowest BCUT2D eigenvalue weighted by Crippen LogP contribution is -2.12. The first kappa shape index (κ1) is 11.1. The first-order valence-corrected chi connectivity index (χ1v) is 4.97. The Bertz CT molecular complexity index is 601. The van der Waals surface area contributed by atoms with Crippen molar-refractivity contribution in [2.24, 2.45) is 0 Å². The summed E-state index contributed by atoms with van der Waals surface area (Å²) in [6, 6.07) is 10.1. The standard InChI is InChI=1S/C13H10O4/c1-17-11-5-4-8-6-10(12(14)13(15)16)3-2-9(8)7-11/h2-7H,1H3,(H,15,16). The molecule has 2 aromatic carbocycles. The summed E-state index contributed by atoms with van der Waals surface area (Å²) in [7, 11) is 1.57. The number of hydrogen-bond donors (Lipinski definition) is 1. The number of ether oxygens (including phenoxy) is 1. The second-order valence-electron chi connectivity index (χ2n) is 3.56. The monoisotopic (exact) mass is 230 g/mol. The van der Waals surface area contributed by atoms with Crippen LogP contribution in [0.25, 0.3) is 10.8 Å². The van der Waals surface area contributed by atoms with Crippen molar-refractivity contribution in [2.45, 2.75) is 0 Å². The normalized spacial score (nSPS) is 10.2. The van der Waals surface area contributed by atoms with Crippen LogP contribution in [0.5, 0.6) is 5.75 Å². The number of aliphatic carboxylic acids is 1. The van der Waals surface area contributed by atoms with Crippen LogP contribution in [0.2, 0.25) is 0 Å². The lowest BCUT2D eigenvalue weighted by atomic mass is 10.0. The molecule has 0 spiro atoms. The van der Waals surface area contributed by atoms with E-state index in [2.05, 4.69) is 0 Å². The number of methoxy groups -OCH3 is 1. The molecule has 0 saturated carbocycles. The van der Waals surface area contributed by atoms with E-state index in [4.69, 9.17) is 9.84 Å². The molecule has 0 aliphatic heterocycles. The molecule has 0 aliphatic rings. The third-order valence-corrected chi connectivity index (χ3v) is 2.50. The minimum Gasteiger partial charge on any atom is -0.497 e. The molecule has 0 aromatic heterocycles. The first-order valence-electron chi connectivity index (χ1n) is 4.97. The number of rotatable bonds is 3. The molecule has 0 radical (unpaired) electrons. The summed E-state index contributed by atoms with van der Waals surface area (Å²) in [5.41, 5.74) is 0.176. The van der Waals surface area contributed by atoms with Crippen LogP contribution in [0.3, 0.4) is 0 Å². The average Bonchev–Trinajstić information content (AvgIpc) is 2.36. The zero-order valence-electron chi connectivity index (χ0n) is 9.14. The van der Waals surface area contributed by atoms with Gasteiger partial charge in [0.05, 0.1) is 7.11 Å². The molecule has 86 valence electrons. The van der Waals surface area contributed by atoms with Gasteiger partial charge in [-0.1, -0.05) is 18.2 Å². The second kappa shape index (κ2) is 4.25. The topological polar surface area (TPSA) is 63.6 Å². The Morgan fingerprint density at radius 1 is 1.06 bits per heavy atom. The highest BCUT2D eigenvalue weighted by Gasteiger charge is 2.14. The predicted molar refractivity (Wildman–Crippen MR) is 62.5 cm³/mol. The van der Waals surface area contributed by atoms with Gasteiger partial charge >= 0.3 is 5.97 Å². The smallest absolute Gasteiger partial charge is 0.377 e. The van der Waals surface area contributed by atoms with Crippen molar-refractivity contribution >= 4 is 22.5 Å². The van der Waals surface area contributed by atoms with E-state index >= 15 is 0 Å². The summed E-state index contributed by atoms with van der Waals surface area (Å²) in [5.74, 6) is -1.63. The van der Waals surface area contributed by atoms with E-state index in [1.807, 2.05) is 6.07 Å². The van der Waals surface area contributed by atoms with Crippen molar-refractivity contribution in [3.63, 3.8) is 0 Å². The molecule has 0 atom stereocenters.